The van der Waals surface area contributed by atoms with Crippen LogP contribution in [0.1, 0.15) is 12.8 Å². The van der Waals surface area contributed by atoms with Gasteiger partial charge >= 0.3 is 0 Å². The zero-order valence-electron chi connectivity index (χ0n) is 5.39. The number of rotatable bonds is 1. The van der Waals surface area contributed by atoms with Crippen LogP contribution in [0.5, 0.6) is 0 Å². The van der Waals surface area contributed by atoms with Crippen LogP contribution in [0.3, 0.4) is 0 Å². The summed E-state index contributed by atoms with van der Waals surface area (Å²) in [4.78, 5) is 2.27. The molecule has 1 fully saturated rings. The van der Waals surface area contributed by atoms with Gasteiger partial charge in [0, 0.05) is 6.54 Å². The molecule has 0 aromatic carbocycles. The Morgan fingerprint density at radius 1 is 1.67 bits per heavy atom. The van der Waals surface area contributed by atoms with Crippen LogP contribution < -0.4 is 0 Å². The molecule has 0 saturated carbocycles. The minimum Gasteiger partial charge on any atom is -0.392 e. The minimum absolute atomic E-state index is 0.0616. The van der Waals surface area contributed by atoms with Crippen molar-refractivity contribution in [2.24, 2.45) is 0 Å². The van der Waals surface area contributed by atoms with Gasteiger partial charge in [-0.15, -0.1) is 0 Å². The number of aliphatic hydroxyl groups is 1. The van der Waals surface area contributed by atoms with Crippen molar-refractivity contribution in [1.82, 2.24) is 4.90 Å². The van der Waals surface area contributed by atoms with Gasteiger partial charge in [-0.2, -0.15) is 0 Å². The number of hydrogen-bond acceptors (Lipinski definition) is 2. The Hall–Kier alpha value is 0.650. The van der Waals surface area contributed by atoms with Crippen molar-refractivity contribution in [3.8, 4) is 0 Å². The van der Waals surface area contributed by atoms with Crippen molar-refractivity contribution in [1.29, 1.82) is 0 Å². The fourth-order valence-corrected chi connectivity index (χ4v) is 1.76. The maximum Gasteiger partial charge on any atom is 0.0667 e. The van der Waals surface area contributed by atoms with E-state index in [0.717, 1.165) is 23.9 Å². The lowest BCUT2D eigenvalue weighted by Gasteiger charge is -2.27. The zero-order valence-corrected chi connectivity index (χ0v) is 7.54. The van der Waals surface area contributed by atoms with Crippen LogP contribution in [0.15, 0.2) is 0 Å². The summed E-state index contributed by atoms with van der Waals surface area (Å²) in [5, 5.41) is 9.17. The van der Waals surface area contributed by atoms with E-state index in [0.29, 0.717) is 0 Å². The fourth-order valence-electron chi connectivity index (χ4n) is 1.14. The molecule has 1 heterocycles. The third-order valence-corrected chi connectivity index (χ3v) is 2.61. The molecule has 1 aliphatic rings. The molecule has 0 aromatic heterocycles. The molecule has 1 N–H and O–H groups in total. The van der Waals surface area contributed by atoms with Crippen LogP contribution in [0.2, 0.25) is 0 Å². The number of aliphatic hydroxyl groups excluding tert-OH is 1. The topological polar surface area (TPSA) is 23.5 Å². The van der Waals surface area contributed by atoms with Crippen molar-refractivity contribution in [2.45, 2.75) is 18.9 Å². The highest BCUT2D eigenvalue weighted by Gasteiger charge is 2.15. The molecule has 0 radical (unpaired) electrons. The van der Waals surface area contributed by atoms with Gasteiger partial charge in [0.05, 0.1) is 10.7 Å². The summed E-state index contributed by atoms with van der Waals surface area (Å²) in [6.07, 6.45) is 2.09. The third kappa shape index (κ3) is 2.39. The molecule has 54 valence electrons. The summed E-state index contributed by atoms with van der Waals surface area (Å²) in [6, 6.07) is 0. The van der Waals surface area contributed by atoms with Gasteiger partial charge in [0.25, 0.3) is 0 Å². The highest BCUT2D eigenvalue weighted by Crippen LogP contribution is 2.10. The number of alkyl halides is 1. The molecule has 0 amide bonds. The molecule has 0 aliphatic carbocycles. The van der Waals surface area contributed by atoms with Crippen LogP contribution in [0, 0.1) is 0 Å². The SMILES string of the molecule is O[C@@H]1CCCN(CI)C1. The predicted octanol–water partition coefficient (Wildman–Crippen LogP) is 0.836. The first-order valence-corrected chi connectivity index (χ1v) is 4.82. The minimum atomic E-state index is -0.0616. The molecule has 1 rings (SSSR count). The first-order valence-electron chi connectivity index (χ1n) is 3.29. The van der Waals surface area contributed by atoms with Gasteiger partial charge in [-0.25, -0.2) is 0 Å². The second-order valence-electron chi connectivity index (χ2n) is 2.49. The lowest BCUT2D eigenvalue weighted by Crippen LogP contribution is -2.37. The Bertz CT molecular complexity index is 89.1. The highest BCUT2D eigenvalue weighted by atomic mass is 127. The molecule has 9 heavy (non-hydrogen) atoms. The highest BCUT2D eigenvalue weighted by molar-refractivity contribution is 14.1. The second-order valence-corrected chi connectivity index (χ2v) is 3.17. The first kappa shape index (κ1) is 7.75. The van der Waals surface area contributed by atoms with E-state index in [1.165, 1.54) is 6.54 Å². The molecule has 3 heteroatoms. The van der Waals surface area contributed by atoms with Crippen molar-refractivity contribution in [3.63, 3.8) is 0 Å². The lowest BCUT2D eigenvalue weighted by atomic mass is 10.1. The Morgan fingerprint density at radius 3 is 2.89 bits per heavy atom. The van der Waals surface area contributed by atoms with Gasteiger partial charge in [0.15, 0.2) is 0 Å². The summed E-state index contributed by atoms with van der Waals surface area (Å²) in [5.74, 6) is 0. The van der Waals surface area contributed by atoms with E-state index in [2.05, 4.69) is 27.5 Å². The maximum atomic E-state index is 9.17. The fraction of sp³-hybridized carbons (Fsp3) is 1.00. The molecule has 0 spiro atoms. The van der Waals surface area contributed by atoms with Crippen molar-refractivity contribution in [3.05, 3.63) is 0 Å². The van der Waals surface area contributed by atoms with E-state index < -0.39 is 0 Å². The summed E-state index contributed by atoms with van der Waals surface area (Å²) in [7, 11) is 0. The van der Waals surface area contributed by atoms with Crippen molar-refractivity contribution in [2.75, 3.05) is 17.6 Å². The molecule has 1 saturated heterocycles. The van der Waals surface area contributed by atoms with Gasteiger partial charge in [0.2, 0.25) is 0 Å². The van der Waals surface area contributed by atoms with E-state index in [-0.39, 0.29) is 6.10 Å². The second kappa shape index (κ2) is 3.73. The summed E-state index contributed by atoms with van der Waals surface area (Å²) >= 11 is 2.33. The number of nitrogens with zero attached hydrogens (tertiary/aromatic N) is 1. The van der Waals surface area contributed by atoms with Crippen LogP contribution in [-0.4, -0.2) is 33.8 Å². The lowest BCUT2D eigenvalue weighted by molar-refractivity contribution is 0.0830. The molecule has 1 aliphatic heterocycles. The predicted molar refractivity (Wildman–Crippen MR) is 45.7 cm³/mol. The van der Waals surface area contributed by atoms with Gasteiger partial charge in [0.1, 0.15) is 0 Å². The zero-order chi connectivity index (χ0) is 6.69. The van der Waals surface area contributed by atoms with Gasteiger partial charge < -0.3 is 5.11 Å². The number of hydrogen-bond donors (Lipinski definition) is 1. The van der Waals surface area contributed by atoms with E-state index in [9.17, 15) is 0 Å². The quantitative estimate of drug-likeness (QED) is 0.417. The Kier molecular flexibility index (Phi) is 3.21. The van der Waals surface area contributed by atoms with Crippen molar-refractivity contribution < 1.29 is 5.11 Å². The first-order chi connectivity index (χ1) is 4.33. The number of halogens is 1. The average Bonchev–Trinajstić information content (AvgIpc) is 1.88. The molecule has 0 aromatic rings. The normalized spacial score (nSPS) is 30.7. The molecule has 0 bridgehead atoms. The van der Waals surface area contributed by atoms with Crippen LogP contribution in [-0.2, 0) is 0 Å². The van der Waals surface area contributed by atoms with E-state index in [1.54, 1.807) is 0 Å². The molecular formula is C6H12INO. The molecule has 2 nitrogen and oxygen atoms in total. The average molecular weight is 241 g/mol. The largest absolute Gasteiger partial charge is 0.392 e. The number of likely N-dealkylation sites (tertiary alicyclic amines) is 1. The number of piperidine rings is 1. The van der Waals surface area contributed by atoms with Gasteiger partial charge in [-0.1, -0.05) is 22.6 Å². The molecule has 0 unspecified atom stereocenters. The Morgan fingerprint density at radius 2 is 2.44 bits per heavy atom. The van der Waals surface area contributed by atoms with Crippen LogP contribution >= 0.6 is 22.6 Å². The maximum absolute atomic E-state index is 9.17. The van der Waals surface area contributed by atoms with Crippen LogP contribution in [0.25, 0.3) is 0 Å². The van der Waals surface area contributed by atoms with Crippen LogP contribution in [0.4, 0.5) is 0 Å². The van der Waals surface area contributed by atoms with E-state index in [1.807, 2.05) is 0 Å². The Balaban J connectivity index is 2.23. The van der Waals surface area contributed by atoms with E-state index in [4.69, 9.17) is 5.11 Å². The monoisotopic (exact) mass is 241 g/mol. The molecule has 1 atom stereocenters. The summed E-state index contributed by atoms with van der Waals surface area (Å²) in [6.45, 7) is 2.04. The van der Waals surface area contributed by atoms with Gasteiger partial charge in [-0.3, -0.25) is 4.90 Å². The summed E-state index contributed by atoms with van der Waals surface area (Å²) < 4.78 is 1.05. The van der Waals surface area contributed by atoms with Crippen molar-refractivity contribution >= 4 is 22.6 Å². The van der Waals surface area contributed by atoms with E-state index >= 15 is 0 Å². The summed E-state index contributed by atoms with van der Waals surface area (Å²) in [5.41, 5.74) is 0. The third-order valence-electron chi connectivity index (χ3n) is 1.65. The smallest absolute Gasteiger partial charge is 0.0667 e. The Labute approximate surface area is 69.4 Å². The standard InChI is InChI=1S/C6H12INO/c7-5-8-3-1-2-6(9)4-8/h6,9H,1-5H2/t6-/m1/s1. The molecular weight excluding hydrogens is 229 g/mol. The number of β-amino-alcohol motifs (C(OH)–C–C–N with tert-alkyl or cyclic N) is 1. The van der Waals surface area contributed by atoms with Gasteiger partial charge in [-0.05, 0) is 19.4 Å².